The Balaban J connectivity index is 1.30. The number of carbonyl (C=O) groups is 1. The summed E-state index contributed by atoms with van der Waals surface area (Å²) in [5.41, 5.74) is 4.75. The van der Waals surface area contributed by atoms with Crippen LogP contribution in [-0.2, 0) is 14.3 Å². The van der Waals surface area contributed by atoms with Crippen LogP contribution in [0.15, 0.2) is 42.7 Å². The van der Waals surface area contributed by atoms with Crippen LogP contribution in [0.1, 0.15) is 24.3 Å². The first kappa shape index (κ1) is 23.6. The third kappa shape index (κ3) is 5.58. The number of nitrogens with zero attached hydrogens (tertiary/aromatic N) is 4. The van der Waals surface area contributed by atoms with Crippen LogP contribution in [0.3, 0.4) is 0 Å². The number of aromatic nitrogens is 3. The van der Waals surface area contributed by atoms with Gasteiger partial charge in [0.15, 0.2) is 5.82 Å². The van der Waals surface area contributed by atoms with Gasteiger partial charge < -0.3 is 25.0 Å². The van der Waals surface area contributed by atoms with Crippen LogP contribution in [0.2, 0.25) is 0 Å². The van der Waals surface area contributed by atoms with Crippen LogP contribution in [0.4, 0.5) is 5.82 Å². The number of benzene rings is 1. The normalized spacial score (nSPS) is 19.1. The van der Waals surface area contributed by atoms with Crippen molar-refractivity contribution in [3.63, 3.8) is 0 Å². The van der Waals surface area contributed by atoms with E-state index in [4.69, 9.17) is 14.5 Å². The summed E-state index contributed by atoms with van der Waals surface area (Å²) < 4.78 is 10.8. The predicted octanol–water partition coefficient (Wildman–Crippen LogP) is 2.44. The highest BCUT2D eigenvalue weighted by Crippen LogP contribution is 2.31. The summed E-state index contributed by atoms with van der Waals surface area (Å²) in [6.07, 6.45) is 5.42. The van der Waals surface area contributed by atoms with Crippen molar-refractivity contribution in [1.82, 2.24) is 25.2 Å². The second-order valence-corrected chi connectivity index (χ2v) is 9.07. The topological polar surface area (TPSA) is 102 Å². The zero-order valence-corrected chi connectivity index (χ0v) is 20.1. The van der Waals surface area contributed by atoms with Gasteiger partial charge in [-0.1, -0.05) is 24.3 Å². The number of hydrogen-bond acceptors (Lipinski definition) is 8. The molecule has 1 atom stereocenters. The van der Waals surface area contributed by atoms with Gasteiger partial charge in [0.2, 0.25) is 5.91 Å². The number of ether oxygens (including phenoxy) is 2. The Labute approximate surface area is 205 Å². The van der Waals surface area contributed by atoms with Gasteiger partial charge >= 0.3 is 0 Å². The van der Waals surface area contributed by atoms with Gasteiger partial charge in [-0.15, -0.1) is 0 Å². The van der Waals surface area contributed by atoms with Crippen LogP contribution in [0, 0.1) is 0 Å². The summed E-state index contributed by atoms with van der Waals surface area (Å²) in [6.45, 7) is 4.78. The van der Waals surface area contributed by atoms with Crippen LogP contribution in [0.25, 0.3) is 22.3 Å². The molecule has 0 spiro atoms. The van der Waals surface area contributed by atoms with E-state index < -0.39 is 0 Å². The molecule has 2 N–H and O–H groups in total. The zero-order valence-electron chi connectivity index (χ0n) is 20.1. The number of amides is 1. The maximum atomic E-state index is 12.1. The summed E-state index contributed by atoms with van der Waals surface area (Å²) in [7, 11) is 1.56. The van der Waals surface area contributed by atoms with E-state index in [0.29, 0.717) is 12.5 Å². The first-order valence-corrected chi connectivity index (χ1v) is 12.3. The van der Waals surface area contributed by atoms with E-state index in [9.17, 15) is 4.79 Å². The van der Waals surface area contributed by atoms with Gasteiger partial charge in [-0.2, -0.15) is 0 Å². The number of carbonyl (C=O) groups excluding carboxylic acids is 1. The van der Waals surface area contributed by atoms with E-state index in [1.807, 2.05) is 11.0 Å². The lowest BCUT2D eigenvalue weighted by Crippen LogP contribution is -2.42. The lowest BCUT2D eigenvalue weighted by Gasteiger charge is -2.32. The number of anilines is 1. The van der Waals surface area contributed by atoms with Gasteiger partial charge in [-0.05, 0) is 30.4 Å². The molecule has 1 aromatic carbocycles. The van der Waals surface area contributed by atoms with Gasteiger partial charge in [0.05, 0.1) is 23.9 Å². The molecule has 2 aromatic heterocycles. The minimum absolute atomic E-state index is 0.0718. The number of morpholine rings is 1. The van der Waals surface area contributed by atoms with Crippen molar-refractivity contribution in [1.29, 1.82) is 0 Å². The SMILES string of the molecule is COCC(=O)N1CCC(c2ccc(-c3cc4nccnc4c(NC[C@@H]4CNCCO4)n3)cc2)CC1. The lowest BCUT2D eigenvalue weighted by atomic mass is 9.88. The summed E-state index contributed by atoms with van der Waals surface area (Å²) in [5, 5.41) is 6.79. The van der Waals surface area contributed by atoms with Crippen LogP contribution < -0.4 is 10.6 Å². The van der Waals surface area contributed by atoms with E-state index in [1.165, 1.54) is 5.56 Å². The molecule has 4 heterocycles. The van der Waals surface area contributed by atoms with Gasteiger partial charge in [0.1, 0.15) is 12.1 Å². The molecule has 0 aliphatic carbocycles. The van der Waals surface area contributed by atoms with Crippen LogP contribution in [-0.4, -0.2) is 84.9 Å². The zero-order chi connectivity index (χ0) is 24.0. The van der Waals surface area contributed by atoms with E-state index >= 15 is 0 Å². The smallest absolute Gasteiger partial charge is 0.248 e. The Morgan fingerprint density at radius 2 is 2.00 bits per heavy atom. The second-order valence-electron chi connectivity index (χ2n) is 9.07. The number of fused-ring (bicyclic) bond motifs is 1. The number of pyridine rings is 1. The molecule has 9 heteroatoms. The number of nitrogens with one attached hydrogen (secondary N) is 2. The van der Waals surface area contributed by atoms with Gasteiger partial charge in [0, 0.05) is 57.8 Å². The maximum Gasteiger partial charge on any atom is 0.248 e. The standard InChI is InChI=1S/C26H32N6O3/c1-34-17-24(33)32-11-6-19(7-12-32)18-2-4-20(5-3-18)22-14-23-25(29-9-8-28-23)26(31-22)30-16-21-15-27-10-13-35-21/h2-5,8-9,14,19,21,27H,6-7,10-13,15-17H2,1H3,(H,30,31)/t21-/m0/s1. The largest absolute Gasteiger partial charge is 0.375 e. The Bertz CT molecular complexity index is 1140. The molecule has 5 rings (SSSR count). The first-order chi connectivity index (χ1) is 17.2. The van der Waals surface area contributed by atoms with Gasteiger partial charge in [-0.3, -0.25) is 9.78 Å². The van der Waals surface area contributed by atoms with Gasteiger partial charge in [0.25, 0.3) is 0 Å². The molecule has 2 aliphatic rings. The van der Waals surface area contributed by atoms with Crippen molar-refractivity contribution in [2.45, 2.75) is 24.9 Å². The van der Waals surface area contributed by atoms with Crippen LogP contribution in [0.5, 0.6) is 0 Å². The molecule has 3 aromatic rings. The van der Waals surface area contributed by atoms with Crippen molar-refractivity contribution in [2.75, 3.05) is 58.4 Å². The molecule has 2 aliphatic heterocycles. The van der Waals surface area contributed by atoms with Crippen molar-refractivity contribution in [3.05, 3.63) is 48.3 Å². The average molecular weight is 477 g/mol. The summed E-state index contributed by atoms with van der Waals surface area (Å²) in [4.78, 5) is 27.9. The molecule has 0 radical (unpaired) electrons. The average Bonchev–Trinajstić information content (AvgIpc) is 2.92. The number of rotatable bonds is 7. The molecule has 184 valence electrons. The van der Waals surface area contributed by atoms with E-state index in [1.54, 1.807) is 19.5 Å². The minimum Gasteiger partial charge on any atom is -0.375 e. The quantitative estimate of drug-likeness (QED) is 0.536. The Kier molecular flexibility index (Phi) is 7.46. The second kappa shape index (κ2) is 11.1. The fourth-order valence-corrected chi connectivity index (χ4v) is 4.81. The monoisotopic (exact) mass is 476 g/mol. The molecule has 35 heavy (non-hydrogen) atoms. The molecule has 2 fully saturated rings. The van der Waals surface area contributed by atoms with Crippen molar-refractivity contribution < 1.29 is 14.3 Å². The van der Waals surface area contributed by atoms with Crippen molar-refractivity contribution in [2.24, 2.45) is 0 Å². The third-order valence-corrected chi connectivity index (χ3v) is 6.75. The summed E-state index contributed by atoms with van der Waals surface area (Å²) in [6, 6.07) is 10.6. The van der Waals surface area contributed by atoms with Crippen molar-refractivity contribution in [3.8, 4) is 11.3 Å². The Morgan fingerprint density at radius 1 is 1.20 bits per heavy atom. The highest BCUT2D eigenvalue weighted by Gasteiger charge is 2.24. The lowest BCUT2D eigenvalue weighted by molar-refractivity contribution is -0.136. The number of hydrogen-bond donors (Lipinski definition) is 2. The fraction of sp³-hybridized carbons (Fsp3) is 0.462. The minimum atomic E-state index is 0.0718. The maximum absolute atomic E-state index is 12.1. The molecule has 9 nitrogen and oxygen atoms in total. The molecule has 0 saturated carbocycles. The van der Waals surface area contributed by atoms with E-state index in [-0.39, 0.29) is 18.6 Å². The summed E-state index contributed by atoms with van der Waals surface area (Å²) >= 11 is 0. The molecule has 0 bridgehead atoms. The molecule has 2 saturated heterocycles. The number of piperidine rings is 1. The number of methoxy groups -OCH3 is 1. The molecular formula is C26H32N6O3. The predicted molar refractivity (Wildman–Crippen MR) is 134 cm³/mol. The molecule has 1 amide bonds. The number of likely N-dealkylation sites (tertiary alicyclic amines) is 1. The van der Waals surface area contributed by atoms with Crippen LogP contribution >= 0.6 is 0 Å². The molecule has 0 unspecified atom stereocenters. The Morgan fingerprint density at radius 3 is 2.74 bits per heavy atom. The van der Waals surface area contributed by atoms with Gasteiger partial charge in [-0.25, -0.2) is 9.97 Å². The summed E-state index contributed by atoms with van der Waals surface area (Å²) in [5.74, 6) is 1.24. The fourth-order valence-electron chi connectivity index (χ4n) is 4.81. The van der Waals surface area contributed by atoms with E-state index in [0.717, 1.165) is 73.7 Å². The first-order valence-electron chi connectivity index (χ1n) is 12.3. The third-order valence-electron chi connectivity index (χ3n) is 6.75. The highest BCUT2D eigenvalue weighted by atomic mass is 16.5. The van der Waals surface area contributed by atoms with E-state index in [2.05, 4.69) is 44.9 Å². The van der Waals surface area contributed by atoms with Crippen molar-refractivity contribution >= 4 is 22.8 Å². The Hall–Kier alpha value is -3.14. The highest BCUT2D eigenvalue weighted by molar-refractivity contribution is 5.88. The molecular weight excluding hydrogens is 444 g/mol.